The van der Waals surface area contributed by atoms with E-state index in [0.717, 1.165) is 11.1 Å². The van der Waals surface area contributed by atoms with E-state index in [1.807, 2.05) is 42.5 Å². The minimum atomic E-state index is -1.19. The number of nitrogens with one attached hydrogen (secondary N) is 1. The zero-order chi connectivity index (χ0) is 22.7. The van der Waals surface area contributed by atoms with E-state index >= 15 is 0 Å². The number of carbonyl (C=O) groups is 3. The van der Waals surface area contributed by atoms with Crippen LogP contribution < -0.4 is 10.2 Å². The van der Waals surface area contributed by atoms with E-state index in [9.17, 15) is 14.4 Å². The Bertz CT molecular complexity index is 1180. The Morgan fingerprint density at radius 1 is 1.00 bits per heavy atom. The number of carbonyl (C=O) groups excluding carboxylic acids is 3. The standard InChI is InChI=1S/C26H24N2O4/c1-26(25(31)27-17-18-9-4-3-5-10-18)16-20-11-6-7-14-22(20)23(29)28(26)21-13-8-12-19(15-21)24(30)32-2/h3-15H,16-17H2,1-2H3,(H,27,31)/t26-/m1/s1. The van der Waals surface area contributed by atoms with Gasteiger partial charge in [0.1, 0.15) is 5.54 Å². The zero-order valence-corrected chi connectivity index (χ0v) is 18.0. The molecule has 1 aliphatic heterocycles. The highest BCUT2D eigenvalue weighted by Crippen LogP contribution is 2.36. The van der Waals surface area contributed by atoms with Gasteiger partial charge in [0.05, 0.1) is 12.7 Å². The van der Waals surface area contributed by atoms with E-state index in [0.29, 0.717) is 29.8 Å². The fourth-order valence-corrected chi connectivity index (χ4v) is 4.12. The molecular weight excluding hydrogens is 404 g/mol. The Morgan fingerprint density at radius 3 is 2.47 bits per heavy atom. The summed E-state index contributed by atoms with van der Waals surface area (Å²) in [5.41, 5.74) is 1.91. The Morgan fingerprint density at radius 2 is 1.72 bits per heavy atom. The van der Waals surface area contributed by atoms with Crippen molar-refractivity contribution in [3.05, 3.63) is 101 Å². The molecule has 4 rings (SSSR count). The second-order valence-electron chi connectivity index (χ2n) is 7.96. The summed E-state index contributed by atoms with van der Waals surface area (Å²) in [6.07, 6.45) is 0.345. The summed E-state index contributed by atoms with van der Waals surface area (Å²) in [6.45, 7) is 2.10. The molecule has 6 nitrogen and oxygen atoms in total. The van der Waals surface area contributed by atoms with Crippen molar-refractivity contribution >= 4 is 23.5 Å². The van der Waals surface area contributed by atoms with Crippen LogP contribution in [0.5, 0.6) is 0 Å². The second-order valence-corrected chi connectivity index (χ2v) is 7.96. The molecule has 0 aliphatic carbocycles. The predicted molar refractivity (Wildman–Crippen MR) is 121 cm³/mol. The summed E-state index contributed by atoms with van der Waals surface area (Å²) in [6, 6.07) is 23.5. The summed E-state index contributed by atoms with van der Waals surface area (Å²) >= 11 is 0. The van der Waals surface area contributed by atoms with Gasteiger partial charge in [0, 0.05) is 24.2 Å². The first-order chi connectivity index (χ1) is 15.4. The highest BCUT2D eigenvalue weighted by Gasteiger charge is 2.47. The first-order valence-electron chi connectivity index (χ1n) is 10.4. The van der Waals surface area contributed by atoms with E-state index in [4.69, 9.17) is 4.74 Å². The molecule has 0 radical (unpaired) electrons. The lowest BCUT2D eigenvalue weighted by atomic mass is 9.82. The van der Waals surface area contributed by atoms with Crippen LogP contribution in [0.15, 0.2) is 78.9 Å². The van der Waals surface area contributed by atoms with Crippen LogP contribution in [0.2, 0.25) is 0 Å². The second kappa shape index (κ2) is 8.67. The molecule has 1 atom stereocenters. The van der Waals surface area contributed by atoms with Crippen LogP contribution >= 0.6 is 0 Å². The first-order valence-corrected chi connectivity index (χ1v) is 10.4. The molecule has 0 aromatic heterocycles. The molecule has 0 saturated heterocycles. The SMILES string of the molecule is COC(=O)c1cccc(N2C(=O)c3ccccc3C[C@]2(C)C(=O)NCc2ccccc2)c1. The van der Waals surface area contributed by atoms with Crippen molar-refractivity contribution < 1.29 is 19.1 Å². The smallest absolute Gasteiger partial charge is 0.337 e. The molecule has 3 aromatic rings. The van der Waals surface area contributed by atoms with Crippen LogP contribution in [0, 0.1) is 0 Å². The molecule has 0 spiro atoms. The van der Waals surface area contributed by atoms with Gasteiger partial charge in [-0.25, -0.2) is 4.79 Å². The lowest BCUT2D eigenvalue weighted by Gasteiger charge is -2.44. The van der Waals surface area contributed by atoms with Gasteiger partial charge < -0.3 is 10.1 Å². The van der Waals surface area contributed by atoms with Crippen LogP contribution in [-0.4, -0.2) is 30.4 Å². The summed E-state index contributed by atoms with van der Waals surface area (Å²) in [7, 11) is 1.30. The molecule has 6 heteroatoms. The summed E-state index contributed by atoms with van der Waals surface area (Å²) in [5, 5.41) is 2.98. The number of rotatable bonds is 5. The number of esters is 1. The molecule has 3 aromatic carbocycles. The van der Waals surface area contributed by atoms with Crippen LogP contribution in [0.3, 0.4) is 0 Å². The third-order valence-electron chi connectivity index (χ3n) is 5.79. The molecule has 162 valence electrons. The van der Waals surface area contributed by atoms with Gasteiger partial charge in [0.2, 0.25) is 5.91 Å². The van der Waals surface area contributed by atoms with Gasteiger partial charge in [-0.15, -0.1) is 0 Å². The average Bonchev–Trinajstić information content (AvgIpc) is 2.83. The third-order valence-corrected chi connectivity index (χ3v) is 5.79. The lowest BCUT2D eigenvalue weighted by molar-refractivity contribution is -0.126. The molecule has 2 amide bonds. The van der Waals surface area contributed by atoms with Crippen LogP contribution in [0.4, 0.5) is 5.69 Å². The van der Waals surface area contributed by atoms with Crippen LogP contribution in [-0.2, 0) is 22.5 Å². The number of ether oxygens (including phenoxy) is 1. The van der Waals surface area contributed by atoms with Gasteiger partial charge in [-0.3, -0.25) is 14.5 Å². The number of methoxy groups -OCH3 is 1. The first kappa shape index (κ1) is 21.3. The van der Waals surface area contributed by atoms with Crippen molar-refractivity contribution in [2.75, 3.05) is 12.0 Å². The molecular formula is C26H24N2O4. The van der Waals surface area contributed by atoms with Crippen LogP contribution in [0.1, 0.15) is 38.8 Å². The molecule has 32 heavy (non-hydrogen) atoms. The Hall–Kier alpha value is -3.93. The van der Waals surface area contributed by atoms with Crippen LogP contribution in [0.25, 0.3) is 0 Å². The molecule has 0 fully saturated rings. The van der Waals surface area contributed by atoms with Gasteiger partial charge in [-0.1, -0.05) is 54.6 Å². The quantitative estimate of drug-likeness (QED) is 0.628. The number of hydrogen-bond acceptors (Lipinski definition) is 4. The minimum absolute atomic E-state index is 0.271. The van der Waals surface area contributed by atoms with E-state index in [2.05, 4.69) is 5.32 Å². The predicted octanol–water partition coefficient (Wildman–Crippen LogP) is 3.75. The maximum atomic E-state index is 13.6. The molecule has 1 aliphatic rings. The number of hydrogen-bond donors (Lipinski definition) is 1. The molecule has 0 unspecified atom stereocenters. The zero-order valence-electron chi connectivity index (χ0n) is 18.0. The van der Waals surface area contributed by atoms with Crippen molar-refractivity contribution in [1.29, 1.82) is 0 Å². The fraction of sp³-hybridized carbons (Fsp3) is 0.192. The molecule has 0 bridgehead atoms. The van der Waals surface area contributed by atoms with Crippen molar-refractivity contribution in [3.63, 3.8) is 0 Å². The highest BCUT2D eigenvalue weighted by atomic mass is 16.5. The maximum Gasteiger partial charge on any atom is 0.337 e. The summed E-state index contributed by atoms with van der Waals surface area (Å²) < 4.78 is 4.83. The van der Waals surface area contributed by atoms with Gasteiger partial charge in [0.25, 0.3) is 5.91 Å². The largest absolute Gasteiger partial charge is 0.465 e. The normalized spacial score (nSPS) is 17.4. The van der Waals surface area contributed by atoms with E-state index in [1.165, 1.54) is 12.0 Å². The van der Waals surface area contributed by atoms with Crippen molar-refractivity contribution in [2.45, 2.75) is 25.4 Å². The molecule has 0 saturated carbocycles. The Kier molecular flexibility index (Phi) is 5.77. The minimum Gasteiger partial charge on any atom is -0.465 e. The van der Waals surface area contributed by atoms with Crippen molar-refractivity contribution in [1.82, 2.24) is 5.32 Å². The molecule has 1 N–H and O–H groups in total. The van der Waals surface area contributed by atoms with E-state index in [-0.39, 0.29) is 11.8 Å². The van der Waals surface area contributed by atoms with Gasteiger partial charge in [-0.2, -0.15) is 0 Å². The van der Waals surface area contributed by atoms with Crippen molar-refractivity contribution in [3.8, 4) is 0 Å². The number of amides is 2. The Labute approximate surface area is 186 Å². The van der Waals surface area contributed by atoms with Crippen molar-refractivity contribution in [2.24, 2.45) is 0 Å². The van der Waals surface area contributed by atoms with Gasteiger partial charge in [-0.05, 0) is 42.3 Å². The maximum absolute atomic E-state index is 13.6. The van der Waals surface area contributed by atoms with Gasteiger partial charge >= 0.3 is 5.97 Å². The Balaban J connectivity index is 1.75. The summed E-state index contributed by atoms with van der Waals surface area (Å²) in [5.74, 6) is -1.06. The summed E-state index contributed by atoms with van der Waals surface area (Å²) in [4.78, 5) is 40.7. The van der Waals surface area contributed by atoms with Gasteiger partial charge in [0.15, 0.2) is 0 Å². The molecule has 1 heterocycles. The average molecular weight is 428 g/mol. The number of benzene rings is 3. The third kappa shape index (κ3) is 3.87. The van der Waals surface area contributed by atoms with E-state index < -0.39 is 11.5 Å². The fourth-order valence-electron chi connectivity index (χ4n) is 4.12. The topological polar surface area (TPSA) is 75.7 Å². The lowest BCUT2D eigenvalue weighted by Crippen LogP contribution is -2.63. The highest BCUT2D eigenvalue weighted by molar-refractivity contribution is 6.14. The number of nitrogens with zero attached hydrogens (tertiary/aromatic N) is 1. The number of anilines is 1. The monoisotopic (exact) mass is 428 g/mol. The van der Waals surface area contributed by atoms with E-state index in [1.54, 1.807) is 43.3 Å². The number of fused-ring (bicyclic) bond motifs is 1.